The van der Waals surface area contributed by atoms with Gasteiger partial charge in [0.1, 0.15) is 6.04 Å². The van der Waals surface area contributed by atoms with Crippen LogP contribution in [0, 0.1) is 5.92 Å². The Morgan fingerprint density at radius 3 is 2.33 bits per heavy atom. The van der Waals surface area contributed by atoms with E-state index in [1.54, 1.807) is 13.8 Å². The van der Waals surface area contributed by atoms with Crippen LogP contribution in [0.25, 0.3) is 0 Å². The van der Waals surface area contributed by atoms with E-state index in [0.717, 1.165) is 11.3 Å². The molecule has 0 aliphatic rings. The number of carbonyl (C=O) groups excluding carboxylic acids is 1. The van der Waals surface area contributed by atoms with Crippen molar-refractivity contribution < 1.29 is 9.53 Å². The first-order chi connectivity index (χ1) is 8.56. The average Bonchev–Trinajstić information content (AvgIpc) is 2.36. The van der Waals surface area contributed by atoms with Crippen LogP contribution in [0.5, 0.6) is 0 Å². The van der Waals surface area contributed by atoms with Gasteiger partial charge in [-0.2, -0.15) is 0 Å². The lowest BCUT2D eigenvalue weighted by atomic mass is 9.99. The maximum Gasteiger partial charge on any atom is 0.330 e. The molecule has 1 rings (SSSR count). The summed E-state index contributed by atoms with van der Waals surface area (Å²) in [5, 5.41) is 0. The highest BCUT2D eigenvalue weighted by atomic mass is 16.5. The largest absolute Gasteiger partial charge is 0.464 e. The molecule has 0 saturated heterocycles. The van der Waals surface area contributed by atoms with Crippen LogP contribution in [-0.4, -0.2) is 24.3 Å². The number of benzene rings is 1. The highest BCUT2D eigenvalue weighted by Gasteiger charge is 2.16. The molecule has 0 amide bonds. The monoisotopic (exact) mass is 247 g/mol. The molecule has 18 heavy (non-hydrogen) atoms. The fraction of sp³-hybridized carbons (Fsp3) is 0.467. The summed E-state index contributed by atoms with van der Waals surface area (Å²) < 4.78 is 4.97. The first kappa shape index (κ1) is 14.4. The molecule has 0 aliphatic carbocycles. The number of aliphatic imine (C=N–C) groups is 1. The van der Waals surface area contributed by atoms with Crippen LogP contribution in [0.2, 0.25) is 0 Å². The number of nitrogens with zero attached hydrogens (tertiary/aromatic N) is 1. The quantitative estimate of drug-likeness (QED) is 0.592. The van der Waals surface area contributed by atoms with Crippen LogP contribution in [-0.2, 0) is 9.53 Å². The molecule has 98 valence electrons. The number of esters is 1. The highest BCUT2D eigenvalue weighted by molar-refractivity contribution is 6.02. The Morgan fingerprint density at radius 2 is 1.83 bits per heavy atom. The second-order valence-corrected chi connectivity index (χ2v) is 4.46. The SMILES string of the molecule is CCOC(=O)C(C)N=C(c1ccccc1)C(C)C. The Morgan fingerprint density at radius 1 is 1.22 bits per heavy atom. The third-order valence-electron chi connectivity index (χ3n) is 2.58. The number of carbonyl (C=O) groups is 1. The van der Waals surface area contributed by atoms with E-state index in [0.29, 0.717) is 6.61 Å². The molecule has 0 fully saturated rings. The summed E-state index contributed by atoms with van der Waals surface area (Å²) in [6, 6.07) is 9.48. The number of hydrogen-bond acceptors (Lipinski definition) is 3. The van der Waals surface area contributed by atoms with Crippen LogP contribution in [0.1, 0.15) is 33.3 Å². The Bertz CT molecular complexity index is 410. The van der Waals surface area contributed by atoms with Gasteiger partial charge >= 0.3 is 5.97 Å². The van der Waals surface area contributed by atoms with Gasteiger partial charge in [-0.25, -0.2) is 4.79 Å². The summed E-state index contributed by atoms with van der Waals surface area (Å²) in [5.74, 6) is -0.00384. The van der Waals surface area contributed by atoms with Gasteiger partial charge in [0, 0.05) is 5.71 Å². The van der Waals surface area contributed by atoms with Crippen LogP contribution in [0.3, 0.4) is 0 Å². The first-order valence-electron chi connectivity index (χ1n) is 6.36. The van der Waals surface area contributed by atoms with E-state index in [1.165, 1.54) is 0 Å². The molecule has 0 bridgehead atoms. The summed E-state index contributed by atoms with van der Waals surface area (Å²) in [4.78, 5) is 16.1. The smallest absolute Gasteiger partial charge is 0.330 e. The first-order valence-corrected chi connectivity index (χ1v) is 6.36. The van der Waals surface area contributed by atoms with Crippen molar-refractivity contribution in [3.8, 4) is 0 Å². The van der Waals surface area contributed by atoms with E-state index in [2.05, 4.69) is 18.8 Å². The Hall–Kier alpha value is -1.64. The van der Waals surface area contributed by atoms with E-state index < -0.39 is 6.04 Å². The lowest BCUT2D eigenvalue weighted by molar-refractivity contribution is -0.144. The van der Waals surface area contributed by atoms with Gasteiger partial charge in [0.25, 0.3) is 0 Å². The molecule has 0 saturated carbocycles. The summed E-state index contributed by atoms with van der Waals surface area (Å²) in [6.45, 7) is 8.10. The van der Waals surface area contributed by atoms with E-state index in [4.69, 9.17) is 4.74 Å². The second-order valence-electron chi connectivity index (χ2n) is 4.46. The van der Waals surface area contributed by atoms with Gasteiger partial charge in [-0.05, 0) is 25.3 Å². The highest BCUT2D eigenvalue weighted by Crippen LogP contribution is 2.11. The third-order valence-corrected chi connectivity index (χ3v) is 2.58. The topological polar surface area (TPSA) is 38.7 Å². The predicted octanol–water partition coefficient (Wildman–Crippen LogP) is 3.08. The van der Waals surface area contributed by atoms with Crippen molar-refractivity contribution >= 4 is 11.7 Å². The molecule has 0 heterocycles. The normalized spacial score (nSPS) is 13.5. The zero-order valence-corrected chi connectivity index (χ0v) is 11.5. The maximum atomic E-state index is 11.6. The molecular formula is C15H21NO2. The molecule has 1 aromatic rings. The average molecular weight is 247 g/mol. The number of ether oxygens (including phenoxy) is 1. The zero-order chi connectivity index (χ0) is 13.5. The molecule has 1 aromatic carbocycles. The number of rotatable bonds is 5. The summed E-state index contributed by atoms with van der Waals surface area (Å²) in [5.41, 5.74) is 2.00. The lowest BCUT2D eigenvalue weighted by Gasteiger charge is -2.13. The van der Waals surface area contributed by atoms with Gasteiger partial charge in [0.15, 0.2) is 0 Å². The fourth-order valence-electron chi connectivity index (χ4n) is 1.69. The fourth-order valence-corrected chi connectivity index (χ4v) is 1.69. The Labute approximate surface area is 109 Å². The van der Waals surface area contributed by atoms with Gasteiger partial charge in [-0.15, -0.1) is 0 Å². The van der Waals surface area contributed by atoms with Crippen molar-refractivity contribution in [3.63, 3.8) is 0 Å². The van der Waals surface area contributed by atoms with Crippen LogP contribution in [0.4, 0.5) is 0 Å². The molecule has 1 atom stereocenters. The van der Waals surface area contributed by atoms with Crippen molar-refractivity contribution in [2.75, 3.05) is 6.61 Å². The summed E-state index contributed by atoms with van der Waals surface area (Å²) >= 11 is 0. The molecule has 3 heteroatoms. The minimum atomic E-state index is -0.456. The number of hydrogen-bond donors (Lipinski definition) is 0. The molecule has 0 aliphatic heterocycles. The van der Waals surface area contributed by atoms with Gasteiger partial charge in [0.2, 0.25) is 0 Å². The predicted molar refractivity (Wildman–Crippen MR) is 73.9 cm³/mol. The van der Waals surface area contributed by atoms with Crippen LogP contribution < -0.4 is 0 Å². The van der Waals surface area contributed by atoms with Gasteiger partial charge < -0.3 is 4.74 Å². The molecule has 3 nitrogen and oxygen atoms in total. The van der Waals surface area contributed by atoms with Gasteiger partial charge in [0.05, 0.1) is 6.61 Å². The van der Waals surface area contributed by atoms with Crippen molar-refractivity contribution in [2.24, 2.45) is 10.9 Å². The van der Waals surface area contributed by atoms with Crippen LogP contribution in [0.15, 0.2) is 35.3 Å². The Balaban J connectivity index is 2.96. The van der Waals surface area contributed by atoms with Gasteiger partial charge in [-0.3, -0.25) is 4.99 Å². The maximum absolute atomic E-state index is 11.6. The molecule has 0 N–H and O–H groups in total. The minimum Gasteiger partial charge on any atom is -0.464 e. The lowest BCUT2D eigenvalue weighted by Crippen LogP contribution is -2.22. The van der Waals surface area contributed by atoms with E-state index in [9.17, 15) is 4.79 Å². The van der Waals surface area contributed by atoms with E-state index >= 15 is 0 Å². The second kappa shape index (κ2) is 6.94. The molecule has 0 aromatic heterocycles. The molecule has 0 radical (unpaired) electrons. The molecular weight excluding hydrogens is 226 g/mol. The van der Waals surface area contributed by atoms with Crippen molar-refractivity contribution in [2.45, 2.75) is 33.7 Å². The summed E-state index contributed by atoms with van der Waals surface area (Å²) in [7, 11) is 0. The third kappa shape index (κ3) is 3.99. The van der Waals surface area contributed by atoms with Crippen molar-refractivity contribution in [3.05, 3.63) is 35.9 Å². The van der Waals surface area contributed by atoms with Crippen LogP contribution >= 0.6 is 0 Å². The minimum absolute atomic E-state index is 0.268. The zero-order valence-electron chi connectivity index (χ0n) is 11.5. The molecule has 0 spiro atoms. The van der Waals surface area contributed by atoms with Gasteiger partial charge in [-0.1, -0.05) is 44.2 Å². The Kier molecular flexibility index (Phi) is 5.56. The van der Waals surface area contributed by atoms with E-state index in [-0.39, 0.29) is 11.9 Å². The molecule has 1 unspecified atom stereocenters. The standard InChI is InChI=1S/C15H21NO2/c1-5-18-15(17)12(4)16-14(11(2)3)13-9-7-6-8-10-13/h6-12H,5H2,1-4H3. The van der Waals surface area contributed by atoms with E-state index in [1.807, 2.05) is 30.3 Å². The summed E-state index contributed by atoms with van der Waals surface area (Å²) in [6.07, 6.45) is 0. The van der Waals surface area contributed by atoms with Crippen molar-refractivity contribution in [1.29, 1.82) is 0 Å². The van der Waals surface area contributed by atoms with Crippen molar-refractivity contribution in [1.82, 2.24) is 0 Å².